The highest BCUT2D eigenvalue weighted by Gasteiger charge is 2.06. The molecule has 0 saturated carbocycles. The molecule has 1 unspecified atom stereocenters. The summed E-state index contributed by atoms with van der Waals surface area (Å²) in [5.74, 6) is 0. The van der Waals surface area contributed by atoms with Crippen molar-refractivity contribution < 1.29 is 14.2 Å². The van der Waals surface area contributed by atoms with E-state index in [1.165, 1.54) is 5.56 Å². The lowest BCUT2D eigenvalue weighted by Crippen LogP contribution is -2.17. The largest absolute Gasteiger partial charge is 0.382 e. The lowest BCUT2D eigenvalue weighted by molar-refractivity contribution is 0.0225. The van der Waals surface area contributed by atoms with Crippen LogP contribution in [0.1, 0.15) is 25.5 Å². The van der Waals surface area contributed by atoms with Gasteiger partial charge in [-0.2, -0.15) is 5.10 Å². The minimum Gasteiger partial charge on any atom is -0.382 e. The summed E-state index contributed by atoms with van der Waals surface area (Å²) >= 11 is 0. The van der Waals surface area contributed by atoms with Gasteiger partial charge in [0.25, 0.3) is 0 Å². The normalized spacial score (nSPS) is 12.8. The highest BCUT2D eigenvalue weighted by molar-refractivity contribution is 5.08. The van der Waals surface area contributed by atoms with Crippen LogP contribution >= 0.6 is 0 Å². The summed E-state index contributed by atoms with van der Waals surface area (Å²) < 4.78 is 17.6. The molecular formula is C14H27N3O3. The van der Waals surface area contributed by atoms with Gasteiger partial charge in [0, 0.05) is 24.9 Å². The zero-order valence-corrected chi connectivity index (χ0v) is 12.8. The molecule has 0 aliphatic rings. The third kappa shape index (κ3) is 7.00. The Morgan fingerprint density at radius 2 is 1.90 bits per heavy atom. The van der Waals surface area contributed by atoms with Crippen LogP contribution in [0, 0.1) is 0 Å². The topological polar surface area (TPSA) is 57.5 Å². The standard InChI is InChI=1S/C14H27N3O3/c1-4-15-13(2)14-11-16-17(12-14)5-6-19-9-10-20-8-7-18-3/h11-13,15H,4-10H2,1-3H3. The molecule has 0 fully saturated rings. The van der Waals surface area contributed by atoms with Crippen LogP contribution in [0.2, 0.25) is 0 Å². The second-order valence-electron chi connectivity index (χ2n) is 4.53. The molecule has 20 heavy (non-hydrogen) atoms. The zero-order valence-electron chi connectivity index (χ0n) is 12.8. The number of hydrogen-bond donors (Lipinski definition) is 1. The number of ether oxygens (including phenoxy) is 3. The van der Waals surface area contributed by atoms with Crippen molar-refractivity contribution >= 4 is 0 Å². The minimum atomic E-state index is 0.337. The number of methoxy groups -OCH3 is 1. The lowest BCUT2D eigenvalue weighted by atomic mass is 10.2. The van der Waals surface area contributed by atoms with Crippen molar-refractivity contribution in [3.05, 3.63) is 18.0 Å². The van der Waals surface area contributed by atoms with Crippen LogP contribution in [-0.2, 0) is 20.8 Å². The Morgan fingerprint density at radius 3 is 2.60 bits per heavy atom. The van der Waals surface area contributed by atoms with E-state index in [2.05, 4.69) is 30.5 Å². The molecular weight excluding hydrogens is 258 g/mol. The molecule has 116 valence electrons. The molecule has 0 aliphatic heterocycles. The van der Waals surface area contributed by atoms with Gasteiger partial charge >= 0.3 is 0 Å². The molecule has 1 N–H and O–H groups in total. The van der Waals surface area contributed by atoms with Gasteiger partial charge < -0.3 is 19.5 Å². The summed E-state index contributed by atoms with van der Waals surface area (Å²) in [6.07, 6.45) is 3.97. The summed E-state index contributed by atoms with van der Waals surface area (Å²) in [5.41, 5.74) is 1.20. The lowest BCUT2D eigenvalue weighted by Gasteiger charge is -2.09. The van der Waals surface area contributed by atoms with Gasteiger partial charge in [0.2, 0.25) is 0 Å². The van der Waals surface area contributed by atoms with E-state index in [0.717, 1.165) is 13.1 Å². The summed E-state index contributed by atoms with van der Waals surface area (Å²) in [6, 6.07) is 0.337. The Kier molecular flexibility index (Phi) is 9.23. The monoisotopic (exact) mass is 285 g/mol. The second-order valence-corrected chi connectivity index (χ2v) is 4.53. The van der Waals surface area contributed by atoms with Crippen molar-refractivity contribution in [2.45, 2.75) is 26.4 Å². The molecule has 6 nitrogen and oxygen atoms in total. The van der Waals surface area contributed by atoms with Gasteiger partial charge in [0.15, 0.2) is 0 Å². The highest BCUT2D eigenvalue weighted by Crippen LogP contribution is 2.10. The van der Waals surface area contributed by atoms with E-state index in [4.69, 9.17) is 14.2 Å². The average Bonchev–Trinajstić information content (AvgIpc) is 2.91. The maximum Gasteiger partial charge on any atom is 0.0701 e. The van der Waals surface area contributed by atoms with Crippen molar-refractivity contribution in [1.82, 2.24) is 15.1 Å². The van der Waals surface area contributed by atoms with Gasteiger partial charge in [-0.25, -0.2) is 0 Å². The first-order valence-corrected chi connectivity index (χ1v) is 7.18. The van der Waals surface area contributed by atoms with E-state index in [-0.39, 0.29) is 0 Å². The number of rotatable bonds is 12. The summed E-state index contributed by atoms with van der Waals surface area (Å²) in [6.45, 7) is 9.05. The molecule has 0 amide bonds. The Labute approximate surface area is 121 Å². The molecule has 1 rings (SSSR count). The molecule has 0 spiro atoms. The Morgan fingerprint density at radius 1 is 1.20 bits per heavy atom. The summed E-state index contributed by atoms with van der Waals surface area (Å²) in [7, 11) is 1.66. The fraction of sp³-hybridized carbons (Fsp3) is 0.786. The smallest absolute Gasteiger partial charge is 0.0701 e. The fourth-order valence-corrected chi connectivity index (χ4v) is 1.77. The van der Waals surface area contributed by atoms with E-state index in [1.54, 1.807) is 7.11 Å². The van der Waals surface area contributed by atoms with Crippen molar-refractivity contribution in [3.8, 4) is 0 Å². The van der Waals surface area contributed by atoms with Gasteiger partial charge in [-0.3, -0.25) is 4.68 Å². The maximum absolute atomic E-state index is 5.49. The third-order valence-electron chi connectivity index (χ3n) is 2.93. The fourth-order valence-electron chi connectivity index (χ4n) is 1.77. The third-order valence-corrected chi connectivity index (χ3v) is 2.93. The Balaban J connectivity index is 2.07. The Bertz CT molecular complexity index is 344. The summed E-state index contributed by atoms with van der Waals surface area (Å²) in [4.78, 5) is 0. The van der Waals surface area contributed by atoms with Crippen LogP contribution < -0.4 is 5.32 Å². The van der Waals surface area contributed by atoms with E-state index in [0.29, 0.717) is 39.1 Å². The predicted octanol–water partition coefficient (Wildman–Crippen LogP) is 1.23. The quantitative estimate of drug-likeness (QED) is 0.585. The number of aromatic nitrogens is 2. The molecule has 1 heterocycles. The molecule has 0 bridgehead atoms. The second kappa shape index (κ2) is 10.8. The molecule has 1 aromatic rings. The molecule has 0 aliphatic carbocycles. The Hall–Kier alpha value is -0.950. The highest BCUT2D eigenvalue weighted by atomic mass is 16.5. The van der Waals surface area contributed by atoms with Gasteiger partial charge in [-0.05, 0) is 13.5 Å². The molecule has 1 aromatic heterocycles. The van der Waals surface area contributed by atoms with Crippen LogP contribution in [0.3, 0.4) is 0 Å². The molecule has 1 atom stereocenters. The van der Waals surface area contributed by atoms with Gasteiger partial charge in [0.05, 0.1) is 45.8 Å². The first kappa shape index (κ1) is 17.1. The van der Waals surface area contributed by atoms with Crippen LogP contribution in [-0.4, -0.2) is 56.5 Å². The maximum atomic E-state index is 5.49. The van der Waals surface area contributed by atoms with E-state index < -0.39 is 0 Å². The zero-order chi connectivity index (χ0) is 14.6. The predicted molar refractivity (Wildman–Crippen MR) is 77.8 cm³/mol. The van der Waals surface area contributed by atoms with Crippen molar-refractivity contribution in [2.75, 3.05) is 46.7 Å². The first-order valence-electron chi connectivity index (χ1n) is 7.18. The molecule has 0 saturated heterocycles. The van der Waals surface area contributed by atoms with Crippen LogP contribution in [0.4, 0.5) is 0 Å². The molecule has 0 aromatic carbocycles. The molecule has 6 heteroatoms. The van der Waals surface area contributed by atoms with Crippen LogP contribution in [0.15, 0.2) is 12.4 Å². The van der Waals surface area contributed by atoms with Crippen molar-refractivity contribution in [1.29, 1.82) is 0 Å². The number of nitrogens with zero attached hydrogens (tertiary/aromatic N) is 2. The van der Waals surface area contributed by atoms with Crippen LogP contribution in [0.5, 0.6) is 0 Å². The molecule has 0 radical (unpaired) electrons. The minimum absolute atomic E-state index is 0.337. The van der Waals surface area contributed by atoms with Gasteiger partial charge in [-0.15, -0.1) is 0 Å². The number of nitrogens with one attached hydrogen (secondary N) is 1. The van der Waals surface area contributed by atoms with Crippen LogP contribution in [0.25, 0.3) is 0 Å². The number of hydrogen-bond acceptors (Lipinski definition) is 5. The van der Waals surface area contributed by atoms with Crippen molar-refractivity contribution in [3.63, 3.8) is 0 Å². The summed E-state index contributed by atoms with van der Waals surface area (Å²) in [5, 5.41) is 7.69. The SMILES string of the molecule is CCNC(C)c1cnn(CCOCCOCCOC)c1. The van der Waals surface area contributed by atoms with Gasteiger partial charge in [0.1, 0.15) is 0 Å². The van der Waals surface area contributed by atoms with E-state index in [9.17, 15) is 0 Å². The first-order chi connectivity index (χ1) is 9.77. The van der Waals surface area contributed by atoms with Gasteiger partial charge in [-0.1, -0.05) is 6.92 Å². The average molecular weight is 285 g/mol. The van der Waals surface area contributed by atoms with E-state index in [1.807, 2.05) is 10.9 Å². The van der Waals surface area contributed by atoms with E-state index >= 15 is 0 Å². The van der Waals surface area contributed by atoms with Crippen molar-refractivity contribution in [2.24, 2.45) is 0 Å².